The van der Waals surface area contributed by atoms with Crippen LogP contribution in [0.15, 0.2) is 59.1 Å². The van der Waals surface area contributed by atoms with Gasteiger partial charge in [0.05, 0.1) is 0 Å². The van der Waals surface area contributed by atoms with Crippen molar-refractivity contribution in [2.45, 2.75) is 25.9 Å². The molecular formula is C17H19BrN2O. The zero-order valence-electron chi connectivity index (χ0n) is 12.2. The molecule has 2 N–H and O–H groups in total. The van der Waals surface area contributed by atoms with Crippen LogP contribution in [0.3, 0.4) is 0 Å². The van der Waals surface area contributed by atoms with Crippen molar-refractivity contribution in [2.24, 2.45) is 0 Å². The highest BCUT2D eigenvalue weighted by molar-refractivity contribution is 9.10. The van der Waals surface area contributed by atoms with Crippen LogP contribution >= 0.6 is 15.9 Å². The number of hydrogen-bond acceptors (Lipinski definition) is 2. The van der Waals surface area contributed by atoms with Gasteiger partial charge in [-0.05, 0) is 43.7 Å². The van der Waals surface area contributed by atoms with Gasteiger partial charge in [-0.25, -0.2) is 0 Å². The highest BCUT2D eigenvalue weighted by Crippen LogP contribution is 2.18. The van der Waals surface area contributed by atoms with Crippen molar-refractivity contribution in [2.75, 3.05) is 5.32 Å². The van der Waals surface area contributed by atoms with Crippen LogP contribution in [0.25, 0.3) is 0 Å². The van der Waals surface area contributed by atoms with Gasteiger partial charge < -0.3 is 10.6 Å². The van der Waals surface area contributed by atoms with Crippen LogP contribution in [0, 0.1) is 0 Å². The van der Waals surface area contributed by atoms with Gasteiger partial charge in [-0.15, -0.1) is 0 Å². The van der Waals surface area contributed by atoms with E-state index in [-0.39, 0.29) is 5.91 Å². The van der Waals surface area contributed by atoms with Gasteiger partial charge in [0, 0.05) is 16.7 Å². The number of rotatable bonds is 5. The molecule has 110 valence electrons. The van der Waals surface area contributed by atoms with E-state index in [0.29, 0.717) is 6.54 Å². The van der Waals surface area contributed by atoms with Crippen molar-refractivity contribution in [3.63, 3.8) is 0 Å². The molecule has 0 aliphatic rings. The lowest BCUT2D eigenvalue weighted by Crippen LogP contribution is -2.47. The van der Waals surface area contributed by atoms with E-state index in [1.54, 1.807) is 0 Å². The number of carbonyl (C=O) groups excluding carboxylic acids is 1. The second-order valence-corrected chi connectivity index (χ2v) is 6.34. The Balaban J connectivity index is 1.95. The largest absolute Gasteiger partial charge is 0.372 e. The summed E-state index contributed by atoms with van der Waals surface area (Å²) in [6.45, 7) is 4.27. The Morgan fingerprint density at radius 2 is 1.67 bits per heavy atom. The minimum atomic E-state index is -0.678. The molecule has 0 fully saturated rings. The monoisotopic (exact) mass is 346 g/mol. The molecule has 0 aromatic heterocycles. The fraction of sp³-hybridized carbons (Fsp3) is 0.235. The van der Waals surface area contributed by atoms with Gasteiger partial charge in [-0.2, -0.15) is 0 Å². The third-order valence-electron chi connectivity index (χ3n) is 3.16. The average Bonchev–Trinajstić information content (AvgIpc) is 2.48. The molecule has 0 saturated heterocycles. The van der Waals surface area contributed by atoms with Crippen molar-refractivity contribution in [3.05, 3.63) is 64.6 Å². The minimum Gasteiger partial charge on any atom is -0.372 e. The molecule has 2 aromatic carbocycles. The Morgan fingerprint density at radius 1 is 1.05 bits per heavy atom. The van der Waals surface area contributed by atoms with Crippen molar-refractivity contribution in [1.29, 1.82) is 0 Å². The zero-order chi connectivity index (χ0) is 15.3. The number of amides is 1. The maximum absolute atomic E-state index is 12.3. The molecule has 2 aromatic rings. The molecule has 2 rings (SSSR count). The molecule has 1 amide bonds. The van der Waals surface area contributed by atoms with Crippen LogP contribution in [-0.4, -0.2) is 11.4 Å². The predicted octanol–water partition coefficient (Wildman–Crippen LogP) is 3.96. The summed E-state index contributed by atoms with van der Waals surface area (Å²) in [5.41, 5.74) is 1.33. The standard InChI is InChI=1S/C17H19BrN2O/c1-17(2,20-15-10-8-14(18)9-11-15)16(21)19-12-13-6-4-3-5-7-13/h3-11,20H,12H2,1-2H3,(H,19,21). The third-order valence-corrected chi connectivity index (χ3v) is 3.69. The van der Waals surface area contributed by atoms with E-state index in [1.165, 1.54) is 0 Å². The van der Waals surface area contributed by atoms with Gasteiger partial charge in [0.25, 0.3) is 0 Å². The second kappa shape index (κ2) is 6.76. The van der Waals surface area contributed by atoms with Crippen LogP contribution < -0.4 is 10.6 Å². The van der Waals surface area contributed by atoms with Crippen LogP contribution in [0.5, 0.6) is 0 Å². The summed E-state index contributed by atoms with van der Waals surface area (Å²) >= 11 is 3.40. The van der Waals surface area contributed by atoms with E-state index in [1.807, 2.05) is 68.4 Å². The number of anilines is 1. The van der Waals surface area contributed by atoms with E-state index < -0.39 is 5.54 Å². The predicted molar refractivity (Wildman–Crippen MR) is 90.1 cm³/mol. The van der Waals surface area contributed by atoms with E-state index in [2.05, 4.69) is 26.6 Å². The van der Waals surface area contributed by atoms with Crippen molar-refractivity contribution < 1.29 is 4.79 Å². The molecule has 0 heterocycles. The quantitative estimate of drug-likeness (QED) is 0.860. The number of benzene rings is 2. The molecule has 4 heteroatoms. The molecule has 0 unspecified atom stereocenters. The Labute approximate surface area is 133 Å². The molecule has 0 radical (unpaired) electrons. The summed E-state index contributed by atoms with van der Waals surface area (Å²) in [5, 5.41) is 6.21. The third kappa shape index (κ3) is 4.60. The van der Waals surface area contributed by atoms with Crippen LogP contribution in [0.2, 0.25) is 0 Å². The van der Waals surface area contributed by atoms with Crippen molar-refractivity contribution in [3.8, 4) is 0 Å². The van der Waals surface area contributed by atoms with Gasteiger partial charge in [-0.1, -0.05) is 46.3 Å². The summed E-state index contributed by atoms with van der Waals surface area (Å²) in [6.07, 6.45) is 0. The summed E-state index contributed by atoms with van der Waals surface area (Å²) < 4.78 is 1.01. The van der Waals surface area contributed by atoms with Gasteiger partial charge in [0.2, 0.25) is 5.91 Å². The fourth-order valence-electron chi connectivity index (χ4n) is 1.95. The van der Waals surface area contributed by atoms with Crippen molar-refractivity contribution in [1.82, 2.24) is 5.32 Å². The first-order valence-corrected chi connectivity index (χ1v) is 7.63. The summed E-state index contributed by atoms with van der Waals surface area (Å²) in [6, 6.07) is 17.7. The summed E-state index contributed by atoms with van der Waals surface area (Å²) in [7, 11) is 0. The Morgan fingerprint density at radius 3 is 2.29 bits per heavy atom. The second-order valence-electron chi connectivity index (χ2n) is 5.43. The van der Waals surface area contributed by atoms with E-state index >= 15 is 0 Å². The topological polar surface area (TPSA) is 41.1 Å². The summed E-state index contributed by atoms with van der Waals surface area (Å²) in [4.78, 5) is 12.3. The van der Waals surface area contributed by atoms with Gasteiger partial charge in [0.1, 0.15) is 5.54 Å². The van der Waals surface area contributed by atoms with E-state index in [4.69, 9.17) is 0 Å². The van der Waals surface area contributed by atoms with Crippen LogP contribution in [0.4, 0.5) is 5.69 Å². The molecule has 0 bridgehead atoms. The van der Waals surface area contributed by atoms with E-state index in [0.717, 1.165) is 15.7 Å². The fourth-order valence-corrected chi connectivity index (χ4v) is 2.21. The number of halogens is 1. The maximum Gasteiger partial charge on any atom is 0.245 e. The molecule has 0 aliphatic heterocycles. The zero-order valence-corrected chi connectivity index (χ0v) is 13.8. The van der Waals surface area contributed by atoms with Gasteiger partial charge >= 0.3 is 0 Å². The SMILES string of the molecule is CC(C)(Nc1ccc(Br)cc1)C(=O)NCc1ccccc1. The normalized spacial score (nSPS) is 11.0. The first-order valence-electron chi connectivity index (χ1n) is 6.83. The number of carbonyl (C=O) groups is 1. The maximum atomic E-state index is 12.3. The molecule has 21 heavy (non-hydrogen) atoms. The van der Waals surface area contributed by atoms with Crippen molar-refractivity contribution >= 4 is 27.5 Å². The Kier molecular flexibility index (Phi) is 5.02. The lowest BCUT2D eigenvalue weighted by Gasteiger charge is -2.26. The molecule has 0 aliphatic carbocycles. The minimum absolute atomic E-state index is 0.0331. The number of nitrogens with one attached hydrogen (secondary N) is 2. The smallest absolute Gasteiger partial charge is 0.245 e. The van der Waals surface area contributed by atoms with Crippen LogP contribution in [-0.2, 0) is 11.3 Å². The van der Waals surface area contributed by atoms with Gasteiger partial charge in [-0.3, -0.25) is 4.79 Å². The molecule has 0 atom stereocenters. The first kappa shape index (κ1) is 15.6. The first-order chi connectivity index (χ1) is 9.97. The molecular weight excluding hydrogens is 328 g/mol. The molecule has 0 spiro atoms. The number of hydrogen-bond donors (Lipinski definition) is 2. The van der Waals surface area contributed by atoms with Gasteiger partial charge in [0.15, 0.2) is 0 Å². The lowest BCUT2D eigenvalue weighted by molar-refractivity contribution is -0.124. The summed E-state index contributed by atoms with van der Waals surface area (Å²) in [5.74, 6) is -0.0331. The Bertz CT molecular complexity index is 594. The highest BCUT2D eigenvalue weighted by Gasteiger charge is 2.26. The average molecular weight is 347 g/mol. The molecule has 0 saturated carbocycles. The van der Waals surface area contributed by atoms with E-state index in [9.17, 15) is 4.79 Å². The highest BCUT2D eigenvalue weighted by atomic mass is 79.9. The lowest BCUT2D eigenvalue weighted by atomic mass is 10.0. The Hall–Kier alpha value is -1.81. The van der Waals surface area contributed by atoms with Crippen LogP contribution in [0.1, 0.15) is 19.4 Å². The molecule has 3 nitrogen and oxygen atoms in total.